The minimum absolute atomic E-state index is 0.503. The number of rotatable bonds is 2. The van der Waals surface area contributed by atoms with E-state index in [4.69, 9.17) is 5.73 Å². The van der Waals surface area contributed by atoms with Crippen LogP contribution >= 0.6 is 0 Å². The van der Waals surface area contributed by atoms with Crippen LogP contribution in [0.1, 0.15) is 44.9 Å². The number of likely N-dealkylation sites (tertiary alicyclic amines) is 1. The van der Waals surface area contributed by atoms with Crippen molar-refractivity contribution in [2.45, 2.75) is 57.0 Å². The lowest BCUT2D eigenvalue weighted by atomic mass is 9.85. The fourth-order valence-electron chi connectivity index (χ4n) is 4.08. The van der Waals surface area contributed by atoms with Gasteiger partial charge in [-0.3, -0.25) is 4.90 Å². The molecule has 3 aliphatic rings. The molecule has 0 aromatic carbocycles. The molecule has 2 saturated carbocycles. The van der Waals surface area contributed by atoms with Crippen LogP contribution in [0.5, 0.6) is 0 Å². The van der Waals surface area contributed by atoms with Gasteiger partial charge in [0.25, 0.3) is 0 Å². The Morgan fingerprint density at radius 2 is 2.00 bits per heavy atom. The van der Waals surface area contributed by atoms with Gasteiger partial charge < -0.3 is 5.73 Å². The van der Waals surface area contributed by atoms with Crippen molar-refractivity contribution in [3.63, 3.8) is 0 Å². The molecule has 0 spiro atoms. The highest BCUT2D eigenvalue weighted by atomic mass is 15.2. The highest BCUT2D eigenvalue weighted by Gasteiger charge is 2.38. The van der Waals surface area contributed by atoms with E-state index in [1.807, 2.05) is 0 Å². The highest BCUT2D eigenvalue weighted by molar-refractivity contribution is 4.93. The van der Waals surface area contributed by atoms with Crippen molar-refractivity contribution >= 4 is 0 Å². The highest BCUT2D eigenvalue weighted by Crippen LogP contribution is 2.38. The van der Waals surface area contributed by atoms with Gasteiger partial charge in [-0.05, 0) is 50.4 Å². The zero-order chi connectivity index (χ0) is 10.3. The van der Waals surface area contributed by atoms with Gasteiger partial charge in [-0.25, -0.2) is 0 Å². The third-order valence-electron chi connectivity index (χ3n) is 4.84. The van der Waals surface area contributed by atoms with Crippen molar-refractivity contribution < 1.29 is 0 Å². The molecule has 2 nitrogen and oxygen atoms in total. The predicted octanol–water partition coefficient (Wildman–Crippen LogP) is 1.99. The monoisotopic (exact) mass is 208 g/mol. The fraction of sp³-hybridized carbons (Fsp3) is 1.00. The molecule has 15 heavy (non-hydrogen) atoms. The molecule has 0 radical (unpaired) electrons. The van der Waals surface area contributed by atoms with Crippen LogP contribution in [-0.2, 0) is 0 Å². The molecule has 2 aliphatic carbocycles. The van der Waals surface area contributed by atoms with E-state index >= 15 is 0 Å². The van der Waals surface area contributed by atoms with Crippen molar-refractivity contribution in [3.8, 4) is 0 Å². The van der Waals surface area contributed by atoms with E-state index in [1.165, 1.54) is 58.0 Å². The van der Waals surface area contributed by atoms with E-state index in [2.05, 4.69) is 4.90 Å². The molecule has 2 bridgehead atoms. The summed E-state index contributed by atoms with van der Waals surface area (Å²) in [6.07, 6.45) is 9.83. The van der Waals surface area contributed by atoms with Gasteiger partial charge >= 0.3 is 0 Å². The summed E-state index contributed by atoms with van der Waals surface area (Å²) in [6.45, 7) is 2.76. The third-order valence-corrected chi connectivity index (χ3v) is 4.84. The first kappa shape index (κ1) is 10.1. The Kier molecular flexibility index (Phi) is 2.73. The van der Waals surface area contributed by atoms with Gasteiger partial charge in [0, 0.05) is 25.2 Å². The second-order valence-electron chi connectivity index (χ2n) is 6.08. The Balaban J connectivity index is 1.52. The number of nitrogens with two attached hydrogens (primary N) is 1. The second kappa shape index (κ2) is 4.06. The fourth-order valence-corrected chi connectivity index (χ4v) is 4.08. The molecule has 3 rings (SSSR count). The summed E-state index contributed by atoms with van der Waals surface area (Å²) < 4.78 is 0. The van der Waals surface area contributed by atoms with E-state index in [9.17, 15) is 0 Å². The zero-order valence-corrected chi connectivity index (χ0v) is 9.70. The van der Waals surface area contributed by atoms with Crippen molar-refractivity contribution in [1.29, 1.82) is 0 Å². The summed E-state index contributed by atoms with van der Waals surface area (Å²) in [6, 6.07) is 1.46. The molecule has 4 atom stereocenters. The van der Waals surface area contributed by atoms with E-state index in [0.29, 0.717) is 6.04 Å². The molecule has 4 unspecified atom stereocenters. The van der Waals surface area contributed by atoms with Crippen LogP contribution < -0.4 is 5.73 Å². The first-order valence-electron chi connectivity index (χ1n) is 6.81. The van der Waals surface area contributed by atoms with Crippen LogP contribution in [0, 0.1) is 11.8 Å². The largest absolute Gasteiger partial charge is 0.328 e. The maximum Gasteiger partial charge on any atom is 0.00987 e. The molecule has 2 N–H and O–H groups in total. The van der Waals surface area contributed by atoms with Crippen LogP contribution in [0.25, 0.3) is 0 Å². The molecule has 1 aliphatic heterocycles. The quantitative estimate of drug-likeness (QED) is 0.752. The Bertz CT molecular complexity index is 229. The van der Waals surface area contributed by atoms with Gasteiger partial charge in [-0.2, -0.15) is 0 Å². The summed E-state index contributed by atoms with van der Waals surface area (Å²) in [7, 11) is 0. The lowest BCUT2D eigenvalue weighted by molar-refractivity contribution is 0.157. The van der Waals surface area contributed by atoms with Crippen molar-refractivity contribution in [2.24, 2.45) is 17.6 Å². The smallest absolute Gasteiger partial charge is 0.00987 e. The Morgan fingerprint density at radius 1 is 1.07 bits per heavy atom. The summed E-state index contributed by atoms with van der Waals surface area (Å²) in [5.74, 6) is 1.96. The van der Waals surface area contributed by atoms with E-state index in [1.54, 1.807) is 0 Å². The predicted molar refractivity (Wildman–Crippen MR) is 62.6 cm³/mol. The number of fused-ring (bicyclic) bond motifs is 2. The number of hydrogen-bond acceptors (Lipinski definition) is 2. The minimum atomic E-state index is 0.503. The normalized spacial score (nSPS) is 46.2. The van der Waals surface area contributed by atoms with Gasteiger partial charge in [0.15, 0.2) is 0 Å². The molecule has 3 fully saturated rings. The molecule has 1 saturated heterocycles. The molecule has 1 heterocycles. The van der Waals surface area contributed by atoms with Crippen LogP contribution in [0.3, 0.4) is 0 Å². The Hall–Kier alpha value is -0.0800. The summed E-state index contributed by atoms with van der Waals surface area (Å²) in [4.78, 5) is 2.77. The van der Waals surface area contributed by atoms with Gasteiger partial charge in [-0.15, -0.1) is 0 Å². The van der Waals surface area contributed by atoms with Gasteiger partial charge in [0.05, 0.1) is 0 Å². The molecule has 2 heteroatoms. The third kappa shape index (κ3) is 2.07. The van der Waals surface area contributed by atoms with Crippen LogP contribution in [0.15, 0.2) is 0 Å². The maximum absolute atomic E-state index is 6.06. The van der Waals surface area contributed by atoms with Crippen LogP contribution in [0.4, 0.5) is 0 Å². The number of piperidine rings is 1. The number of hydrogen-bond donors (Lipinski definition) is 1. The lowest BCUT2D eigenvalue weighted by Crippen LogP contribution is -2.39. The van der Waals surface area contributed by atoms with Crippen LogP contribution in [0.2, 0.25) is 0 Å². The first-order valence-corrected chi connectivity index (χ1v) is 6.81. The number of nitrogens with zero attached hydrogens (tertiary/aromatic N) is 1. The van der Waals surface area contributed by atoms with Gasteiger partial charge in [0.1, 0.15) is 0 Å². The topological polar surface area (TPSA) is 29.3 Å². The van der Waals surface area contributed by atoms with Crippen LogP contribution in [-0.4, -0.2) is 30.1 Å². The summed E-state index contributed by atoms with van der Waals surface area (Å²) >= 11 is 0. The van der Waals surface area contributed by atoms with Gasteiger partial charge in [0.2, 0.25) is 0 Å². The average Bonchev–Trinajstić information content (AvgIpc) is 2.79. The Morgan fingerprint density at radius 3 is 2.67 bits per heavy atom. The first-order chi connectivity index (χ1) is 7.31. The molecular weight excluding hydrogens is 184 g/mol. The van der Waals surface area contributed by atoms with Crippen molar-refractivity contribution in [3.05, 3.63) is 0 Å². The SMILES string of the molecule is NC1CCCC(CN2CC3CCC2C3)C1. The van der Waals surface area contributed by atoms with E-state index in [0.717, 1.165) is 17.9 Å². The average molecular weight is 208 g/mol. The molecule has 0 amide bonds. The molecule has 0 aromatic rings. The zero-order valence-electron chi connectivity index (χ0n) is 9.70. The van der Waals surface area contributed by atoms with E-state index < -0.39 is 0 Å². The summed E-state index contributed by atoms with van der Waals surface area (Å²) in [5, 5.41) is 0. The molecule has 0 aromatic heterocycles. The van der Waals surface area contributed by atoms with Gasteiger partial charge in [-0.1, -0.05) is 6.42 Å². The van der Waals surface area contributed by atoms with Crippen molar-refractivity contribution in [2.75, 3.05) is 13.1 Å². The minimum Gasteiger partial charge on any atom is -0.328 e. The summed E-state index contributed by atoms with van der Waals surface area (Å²) in [5.41, 5.74) is 6.06. The Labute approximate surface area is 93.2 Å². The lowest BCUT2D eigenvalue weighted by Gasteiger charge is -2.34. The van der Waals surface area contributed by atoms with E-state index in [-0.39, 0.29) is 0 Å². The second-order valence-corrected chi connectivity index (χ2v) is 6.08. The standard InChI is InChI=1S/C13H24N2/c14-12-3-1-2-10(6-12)8-15-9-11-4-5-13(15)7-11/h10-13H,1-9,14H2. The maximum atomic E-state index is 6.06. The van der Waals surface area contributed by atoms with Crippen molar-refractivity contribution in [1.82, 2.24) is 4.90 Å². The molecule has 86 valence electrons. The molecular formula is C13H24N2.